The highest BCUT2D eigenvalue weighted by Gasteiger charge is 2.32. The van der Waals surface area contributed by atoms with E-state index in [1.807, 2.05) is 37.3 Å². The number of rotatable bonds is 1. The molecule has 4 nitrogen and oxygen atoms in total. The second kappa shape index (κ2) is 4.80. The Kier molecular flexibility index (Phi) is 3.10. The molecular formula is C16H16O4. The molecule has 2 aromatic rings. The maximum Gasteiger partial charge on any atom is 0.230 e. The molecule has 0 aliphatic carbocycles. The Bertz CT molecular complexity index is 688. The molecule has 0 saturated carbocycles. The van der Waals surface area contributed by atoms with Crippen LogP contribution in [-0.2, 0) is 4.74 Å². The van der Waals surface area contributed by atoms with Gasteiger partial charge < -0.3 is 13.9 Å². The fraction of sp³-hybridized carbons (Fsp3) is 0.312. The Morgan fingerprint density at radius 1 is 1.10 bits per heavy atom. The van der Waals surface area contributed by atoms with Crippen molar-refractivity contribution in [1.82, 2.24) is 0 Å². The molecule has 1 aliphatic rings. The lowest BCUT2D eigenvalue weighted by molar-refractivity contribution is -0.148. The zero-order valence-electron chi connectivity index (χ0n) is 11.7. The summed E-state index contributed by atoms with van der Waals surface area (Å²) in [4.78, 5) is 12.3. The van der Waals surface area contributed by atoms with Crippen molar-refractivity contribution in [3.63, 3.8) is 0 Å². The van der Waals surface area contributed by atoms with Gasteiger partial charge in [0.05, 0.1) is 0 Å². The zero-order valence-corrected chi connectivity index (χ0v) is 11.7. The van der Waals surface area contributed by atoms with E-state index in [0.29, 0.717) is 17.1 Å². The van der Waals surface area contributed by atoms with E-state index in [-0.39, 0.29) is 17.3 Å². The number of hydrogen-bond acceptors (Lipinski definition) is 4. The van der Waals surface area contributed by atoms with Crippen LogP contribution < -0.4 is 10.2 Å². The van der Waals surface area contributed by atoms with Gasteiger partial charge >= 0.3 is 0 Å². The predicted octanol–water partition coefficient (Wildman–Crippen LogP) is 3.43. The second-order valence-electron chi connectivity index (χ2n) is 4.94. The molecular weight excluding hydrogens is 256 g/mol. The average Bonchev–Trinajstić information content (AvgIpc) is 2.47. The Morgan fingerprint density at radius 2 is 1.80 bits per heavy atom. The van der Waals surface area contributed by atoms with Crippen molar-refractivity contribution in [1.29, 1.82) is 0 Å². The van der Waals surface area contributed by atoms with Gasteiger partial charge in [0.15, 0.2) is 5.76 Å². The first kappa shape index (κ1) is 12.9. The summed E-state index contributed by atoms with van der Waals surface area (Å²) in [7, 11) is 0. The number of hydrogen-bond donors (Lipinski definition) is 0. The van der Waals surface area contributed by atoms with Crippen LogP contribution in [-0.4, -0.2) is 0 Å². The second-order valence-corrected chi connectivity index (χ2v) is 4.94. The first-order valence-corrected chi connectivity index (χ1v) is 6.59. The van der Waals surface area contributed by atoms with Crippen LogP contribution in [0.15, 0.2) is 39.5 Å². The molecule has 0 radical (unpaired) electrons. The molecule has 0 saturated heterocycles. The molecule has 3 rings (SSSR count). The third-order valence-corrected chi connectivity index (χ3v) is 3.56. The number of ether oxygens (including phenoxy) is 2. The minimum absolute atomic E-state index is 0.125. The Balaban J connectivity index is 2.07. The minimum Gasteiger partial charge on any atom is -0.459 e. The fourth-order valence-electron chi connectivity index (χ4n) is 2.25. The van der Waals surface area contributed by atoms with Crippen molar-refractivity contribution in [2.24, 2.45) is 0 Å². The van der Waals surface area contributed by atoms with E-state index in [4.69, 9.17) is 13.9 Å². The molecule has 0 N–H and O–H groups in total. The van der Waals surface area contributed by atoms with Gasteiger partial charge in [-0.15, -0.1) is 0 Å². The molecule has 104 valence electrons. The number of aryl methyl sites for hydroxylation is 1. The molecule has 0 spiro atoms. The Hall–Kier alpha value is -2.07. The highest BCUT2D eigenvalue weighted by molar-refractivity contribution is 5.35. The molecule has 1 aromatic heterocycles. The van der Waals surface area contributed by atoms with Crippen LogP contribution in [0.2, 0.25) is 0 Å². The molecule has 2 heterocycles. The maximum atomic E-state index is 12.3. The lowest BCUT2D eigenvalue weighted by Crippen LogP contribution is -2.26. The van der Waals surface area contributed by atoms with Gasteiger partial charge in [-0.2, -0.15) is 0 Å². The molecule has 0 fully saturated rings. The summed E-state index contributed by atoms with van der Waals surface area (Å²) in [6, 6.07) is 9.55. The largest absolute Gasteiger partial charge is 0.459 e. The van der Waals surface area contributed by atoms with Crippen molar-refractivity contribution >= 4 is 0 Å². The first-order valence-electron chi connectivity index (χ1n) is 6.59. The monoisotopic (exact) mass is 272 g/mol. The molecule has 0 amide bonds. The third kappa shape index (κ3) is 2.02. The van der Waals surface area contributed by atoms with Gasteiger partial charge in [0.25, 0.3) is 0 Å². The van der Waals surface area contributed by atoms with Crippen molar-refractivity contribution in [3.05, 3.63) is 63.2 Å². The van der Waals surface area contributed by atoms with Gasteiger partial charge in [-0.05, 0) is 20.8 Å². The summed E-state index contributed by atoms with van der Waals surface area (Å²) in [5.41, 5.74) is 1.33. The SMILES string of the molecule is Cc1oc2c(c(=O)c1C)OC(c1ccccc1)OC2C. The van der Waals surface area contributed by atoms with Gasteiger partial charge in [0.2, 0.25) is 17.5 Å². The summed E-state index contributed by atoms with van der Waals surface area (Å²) >= 11 is 0. The van der Waals surface area contributed by atoms with Gasteiger partial charge in [0.1, 0.15) is 11.9 Å². The molecule has 1 aliphatic heterocycles. The topological polar surface area (TPSA) is 48.7 Å². The lowest BCUT2D eigenvalue weighted by atomic mass is 10.1. The van der Waals surface area contributed by atoms with E-state index < -0.39 is 6.29 Å². The standard InChI is InChI=1S/C16H16O4/c1-9-10(2)18-14-11(3)19-16(20-15(14)13(9)17)12-7-5-4-6-8-12/h4-8,11,16H,1-3H3. The third-order valence-electron chi connectivity index (χ3n) is 3.56. The Labute approximate surface area is 117 Å². The molecule has 20 heavy (non-hydrogen) atoms. The molecule has 1 aromatic carbocycles. The summed E-state index contributed by atoms with van der Waals surface area (Å²) in [6.07, 6.45) is -0.903. The van der Waals surface area contributed by atoms with E-state index in [2.05, 4.69) is 0 Å². The predicted molar refractivity (Wildman–Crippen MR) is 73.8 cm³/mol. The van der Waals surface area contributed by atoms with Crippen molar-refractivity contribution < 1.29 is 13.9 Å². The van der Waals surface area contributed by atoms with Crippen LogP contribution in [0.5, 0.6) is 5.75 Å². The van der Waals surface area contributed by atoms with Crippen LogP contribution in [0.3, 0.4) is 0 Å². The first-order chi connectivity index (χ1) is 9.58. The van der Waals surface area contributed by atoms with Gasteiger partial charge in [-0.25, -0.2) is 0 Å². The fourth-order valence-corrected chi connectivity index (χ4v) is 2.25. The molecule has 2 unspecified atom stereocenters. The Morgan fingerprint density at radius 3 is 2.50 bits per heavy atom. The zero-order chi connectivity index (χ0) is 14.3. The van der Waals surface area contributed by atoms with Crippen molar-refractivity contribution in [2.75, 3.05) is 0 Å². The number of fused-ring (bicyclic) bond motifs is 1. The van der Waals surface area contributed by atoms with E-state index in [1.165, 1.54) is 0 Å². The van der Waals surface area contributed by atoms with E-state index in [0.717, 1.165) is 5.56 Å². The lowest BCUT2D eigenvalue weighted by Gasteiger charge is -2.29. The van der Waals surface area contributed by atoms with Crippen LogP contribution in [0.25, 0.3) is 0 Å². The van der Waals surface area contributed by atoms with Crippen molar-refractivity contribution in [2.45, 2.75) is 33.2 Å². The normalized spacial score (nSPS) is 21.1. The molecule has 2 atom stereocenters. The smallest absolute Gasteiger partial charge is 0.230 e. The molecule has 0 bridgehead atoms. The van der Waals surface area contributed by atoms with E-state index in [9.17, 15) is 4.79 Å². The number of benzene rings is 1. The minimum atomic E-state index is -0.580. The van der Waals surface area contributed by atoms with Crippen molar-refractivity contribution in [3.8, 4) is 5.75 Å². The summed E-state index contributed by atoms with van der Waals surface area (Å²) < 4.78 is 17.2. The average molecular weight is 272 g/mol. The van der Waals surface area contributed by atoms with Gasteiger partial charge in [0, 0.05) is 11.1 Å². The summed E-state index contributed by atoms with van der Waals surface area (Å²) in [5, 5.41) is 0. The van der Waals surface area contributed by atoms with Gasteiger partial charge in [-0.3, -0.25) is 4.79 Å². The van der Waals surface area contributed by atoms with E-state index >= 15 is 0 Å². The quantitative estimate of drug-likeness (QED) is 0.798. The van der Waals surface area contributed by atoms with Crippen LogP contribution in [0, 0.1) is 13.8 Å². The van der Waals surface area contributed by atoms with Crippen LogP contribution >= 0.6 is 0 Å². The maximum absolute atomic E-state index is 12.3. The highest BCUT2D eigenvalue weighted by atomic mass is 16.7. The summed E-state index contributed by atoms with van der Waals surface area (Å²) in [5.74, 6) is 1.33. The summed E-state index contributed by atoms with van der Waals surface area (Å²) in [6.45, 7) is 5.37. The van der Waals surface area contributed by atoms with Crippen LogP contribution in [0.4, 0.5) is 0 Å². The van der Waals surface area contributed by atoms with Crippen LogP contribution in [0.1, 0.15) is 42.0 Å². The highest BCUT2D eigenvalue weighted by Crippen LogP contribution is 2.38. The molecule has 4 heteroatoms. The van der Waals surface area contributed by atoms with Gasteiger partial charge in [-0.1, -0.05) is 30.3 Å². The van der Waals surface area contributed by atoms with E-state index in [1.54, 1.807) is 13.8 Å².